The number of morpholine rings is 1. The smallest absolute Gasteiger partial charge is 0.334 e. The van der Waals surface area contributed by atoms with E-state index in [9.17, 15) is 9.60 Å². The molecule has 3 aliphatic heterocycles. The molecule has 0 radical (unpaired) electrons. The number of fused-ring (bicyclic) bond motifs is 1. The predicted molar refractivity (Wildman–Crippen MR) is 109 cm³/mol. The van der Waals surface area contributed by atoms with Crippen molar-refractivity contribution < 1.29 is 14.0 Å². The predicted octanol–water partition coefficient (Wildman–Crippen LogP) is 1.55. The van der Waals surface area contributed by atoms with E-state index in [0.29, 0.717) is 31.2 Å². The Morgan fingerprint density at radius 2 is 1.93 bits per heavy atom. The minimum atomic E-state index is -0.473. The summed E-state index contributed by atoms with van der Waals surface area (Å²) in [6, 6.07) is 9.72. The number of benzene rings is 1. The number of hydrazine groups is 1. The Labute approximate surface area is 169 Å². The zero-order valence-corrected chi connectivity index (χ0v) is 16.8. The molecule has 1 fully saturated rings. The Bertz CT molecular complexity index is 846. The first-order valence-corrected chi connectivity index (χ1v) is 9.96. The fourth-order valence-corrected chi connectivity index (χ4v) is 4.11. The maximum Gasteiger partial charge on any atom is 0.334 e. The second kappa shape index (κ2) is 7.90. The number of hydrazone groups is 1. The molecule has 1 aromatic carbocycles. The standard InChI is InChI=1S/C20H27FN6O2/c1-14-11-24(12-15(2)29-14)18-17(16-7-4-3-5-8-16)23-20(22)26-13-25(10-6-9-21)27(28)19(18)26/h3-5,7-8,14-15H,6,9-13H2,1-2H3,(H2,22,23). The summed E-state index contributed by atoms with van der Waals surface area (Å²) in [5.74, 6) is 0.706. The van der Waals surface area contributed by atoms with Crippen LogP contribution in [0.1, 0.15) is 25.8 Å². The lowest BCUT2D eigenvalue weighted by atomic mass is 10.1. The van der Waals surface area contributed by atoms with E-state index in [1.807, 2.05) is 44.2 Å². The molecule has 0 aromatic heterocycles. The molecular formula is C20H27FN6O2. The second-order valence-corrected chi connectivity index (χ2v) is 7.63. The fraction of sp³-hybridized carbons (Fsp3) is 0.500. The molecule has 0 amide bonds. The van der Waals surface area contributed by atoms with Crippen LogP contribution >= 0.6 is 0 Å². The SMILES string of the molecule is CC1CN(C2=C(c3ccccc3)N=C(N)N3CN(CCCF)[N+]([O-])=C23)CC(C)O1. The average Bonchev–Trinajstić information content (AvgIpc) is 3.03. The van der Waals surface area contributed by atoms with Gasteiger partial charge in [-0.15, -0.1) is 0 Å². The average molecular weight is 402 g/mol. The van der Waals surface area contributed by atoms with Crippen molar-refractivity contribution in [3.05, 3.63) is 46.8 Å². The van der Waals surface area contributed by atoms with Crippen molar-refractivity contribution in [3.63, 3.8) is 0 Å². The van der Waals surface area contributed by atoms with Gasteiger partial charge >= 0.3 is 5.84 Å². The van der Waals surface area contributed by atoms with Crippen molar-refractivity contribution in [1.82, 2.24) is 14.8 Å². The van der Waals surface area contributed by atoms with Crippen LogP contribution in [0.3, 0.4) is 0 Å². The molecule has 0 bridgehead atoms. The van der Waals surface area contributed by atoms with Gasteiger partial charge in [-0.2, -0.15) is 14.7 Å². The molecule has 4 rings (SSSR count). The lowest BCUT2D eigenvalue weighted by Crippen LogP contribution is -2.52. The molecule has 0 saturated carbocycles. The molecule has 8 nitrogen and oxygen atoms in total. The number of guanidine groups is 1. The van der Waals surface area contributed by atoms with Crippen LogP contribution in [-0.2, 0) is 4.74 Å². The molecule has 29 heavy (non-hydrogen) atoms. The first-order chi connectivity index (χ1) is 14.0. The number of hydrogen-bond donors (Lipinski definition) is 1. The molecule has 0 spiro atoms. The maximum atomic E-state index is 13.2. The third-order valence-electron chi connectivity index (χ3n) is 5.27. The number of amidine groups is 1. The summed E-state index contributed by atoms with van der Waals surface area (Å²) in [5, 5.41) is 14.8. The van der Waals surface area contributed by atoms with Gasteiger partial charge in [-0.25, -0.2) is 5.01 Å². The molecule has 0 aliphatic carbocycles. The van der Waals surface area contributed by atoms with E-state index in [1.54, 1.807) is 9.91 Å². The maximum absolute atomic E-state index is 13.2. The lowest BCUT2D eigenvalue weighted by Gasteiger charge is -2.39. The third kappa shape index (κ3) is 3.62. The molecule has 3 aliphatic rings. The van der Waals surface area contributed by atoms with Gasteiger partial charge in [0.2, 0.25) is 0 Å². The van der Waals surface area contributed by atoms with Crippen molar-refractivity contribution in [2.75, 3.05) is 33.0 Å². The molecule has 2 atom stereocenters. The number of hydrogen-bond acceptors (Lipinski definition) is 7. The zero-order chi connectivity index (χ0) is 20.5. The quantitative estimate of drug-likeness (QED) is 0.594. The van der Waals surface area contributed by atoms with Crippen LogP contribution in [0.4, 0.5) is 4.39 Å². The van der Waals surface area contributed by atoms with E-state index in [1.165, 1.54) is 0 Å². The summed E-state index contributed by atoms with van der Waals surface area (Å²) in [6.07, 6.45) is 0.321. The Kier molecular flexibility index (Phi) is 5.31. The van der Waals surface area contributed by atoms with Gasteiger partial charge in [-0.1, -0.05) is 30.3 Å². The number of ether oxygens (including phenoxy) is 1. The van der Waals surface area contributed by atoms with Crippen molar-refractivity contribution >= 4 is 17.5 Å². The van der Waals surface area contributed by atoms with E-state index < -0.39 is 6.67 Å². The van der Waals surface area contributed by atoms with Crippen molar-refractivity contribution in [2.24, 2.45) is 10.7 Å². The number of halogens is 1. The Morgan fingerprint density at radius 1 is 1.24 bits per heavy atom. The highest BCUT2D eigenvalue weighted by molar-refractivity contribution is 6.14. The largest absolute Gasteiger partial charge is 0.692 e. The summed E-state index contributed by atoms with van der Waals surface area (Å²) in [6.45, 7) is 5.42. The summed E-state index contributed by atoms with van der Waals surface area (Å²) < 4.78 is 18.6. The number of nitrogens with two attached hydrogens (primary N) is 1. The summed E-state index contributed by atoms with van der Waals surface area (Å²) in [5.41, 5.74) is 8.56. The summed E-state index contributed by atoms with van der Waals surface area (Å²) in [4.78, 5) is 9.39. The Morgan fingerprint density at radius 3 is 2.59 bits per heavy atom. The fourth-order valence-electron chi connectivity index (χ4n) is 4.11. The van der Waals surface area contributed by atoms with Gasteiger partial charge in [0.05, 0.1) is 25.4 Å². The van der Waals surface area contributed by atoms with Gasteiger partial charge in [0.15, 0.2) is 12.4 Å². The number of alkyl halides is 1. The van der Waals surface area contributed by atoms with Crippen LogP contribution in [0, 0.1) is 5.21 Å². The molecule has 2 unspecified atom stereocenters. The van der Waals surface area contributed by atoms with Crippen molar-refractivity contribution in [3.8, 4) is 0 Å². The van der Waals surface area contributed by atoms with Gasteiger partial charge < -0.3 is 20.6 Å². The molecule has 9 heteroatoms. The third-order valence-corrected chi connectivity index (χ3v) is 5.27. The number of aliphatic imine (C=N–C) groups is 1. The Hall–Kier alpha value is -2.81. The second-order valence-electron chi connectivity index (χ2n) is 7.63. The van der Waals surface area contributed by atoms with Gasteiger partial charge in [0.1, 0.15) is 5.70 Å². The van der Waals surface area contributed by atoms with Gasteiger partial charge in [-0.3, -0.25) is 4.39 Å². The highest BCUT2D eigenvalue weighted by atomic mass is 19.1. The first-order valence-electron chi connectivity index (χ1n) is 9.96. The number of rotatable bonds is 5. The van der Waals surface area contributed by atoms with Crippen molar-refractivity contribution in [2.45, 2.75) is 32.5 Å². The molecule has 2 N–H and O–H groups in total. The minimum Gasteiger partial charge on any atom is -0.692 e. The summed E-state index contributed by atoms with van der Waals surface area (Å²) >= 11 is 0. The molecular weight excluding hydrogens is 375 g/mol. The van der Waals surface area contributed by atoms with E-state index in [4.69, 9.17) is 10.5 Å². The van der Waals surface area contributed by atoms with Crippen LogP contribution < -0.4 is 5.73 Å². The lowest BCUT2D eigenvalue weighted by molar-refractivity contribution is -0.627. The zero-order valence-electron chi connectivity index (χ0n) is 16.8. The van der Waals surface area contributed by atoms with E-state index >= 15 is 0 Å². The highest BCUT2D eigenvalue weighted by Crippen LogP contribution is 2.32. The van der Waals surface area contributed by atoms with Crippen LogP contribution in [0.15, 0.2) is 41.0 Å². The minimum absolute atomic E-state index is 0.0183. The van der Waals surface area contributed by atoms with Gasteiger partial charge in [0.25, 0.3) is 5.96 Å². The normalized spacial score (nSPS) is 24.9. The van der Waals surface area contributed by atoms with Gasteiger partial charge in [0, 0.05) is 18.7 Å². The van der Waals surface area contributed by atoms with E-state index in [0.717, 1.165) is 16.1 Å². The van der Waals surface area contributed by atoms with E-state index in [-0.39, 0.29) is 31.3 Å². The van der Waals surface area contributed by atoms with Crippen molar-refractivity contribution in [1.29, 1.82) is 0 Å². The molecule has 3 heterocycles. The highest BCUT2D eigenvalue weighted by Gasteiger charge is 2.46. The molecule has 156 valence electrons. The number of nitrogens with zero attached hydrogens (tertiary/aromatic N) is 5. The monoisotopic (exact) mass is 402 g/mol. The molecule has 1 saturated heterocycles. The van der Waals surface area contributed by atoms with Crippen LogP contribution in [0.5, 0.6) is 0 Å². The van der Waals surface area contributed by atoms with Gasteiger partial charge in [-0.05, 0) is 20.3 Å². The van der Waals surface area contributed by atoms with Crippen LogP contribution in [0.2, 0.25) is 0 Å². The molecule has 1 aromatic rings. The first kappa shape index (κ1) is 19.5. The van der Waals surface area contributed by atoms with Crippen LogP contribution in [0.25, 0.3) is 5.70 Å². The van der Waals surface area contributed by atoms with E-state index in [2.05, 4.69) is 9.89 Å². The summed E-state index contributed by atoms with van der Waals surface area (Å²) in [7, 11) is 0. The topological polar surface area (TPSA) is 83.4 Å². The van der Waals surface area contributed by atoms with Crippen LogP contribution in [-0.4, -0.2) is 76.6 Å². The Balaban J connectivity index is 1.85.